The molecule has 0 radical (unpaired) electrons. The normalized spacial score (nSPS) is 11.9. The molecule has 7 heteroatoms. The summed E-state index contributed by atoms with van der Waals surface area (Å²) in [5, 5.41) is 14.7. The zero-order valence-electron chi connectivity index (χ0n) is 11.4. The molecule has 0 saturated heterocycles. The van der Waals surface area contributed by atoms with Gasteiger partial charge in [-0.15, -0.1) is 0 Å². The standard InChI is InChI=1S/C14H15N3O4/c1-21-8-12(13(18)19)17-14(20)16-10-4-5-11-9(7-10)3-2-6-15-11/h2-7,12H,8H2,1H3,(H,18,19)(H2,16,17,20). The number of ether oxygens (including phenoxy) is 1. The van der Waals surface area contributed by atoms with E-state index >= 15 is 0 Å². The monoisotopic (exact) mass is 289 g/mol. The minimum absolute atomic E-state index is 0.107. The lowest BCUT2D eigenvalue weighted by atomic mass is 10.2. The highest BCUT2D eigenvalue weighted by Gasteiger charge is 2.19. The maximum absolute atomic E-state index is 11.8. The van der Waals surface area contributed by atoms with Crippen molar-refractivity contribution in [2.45, 2.75) is 6.04 Å². The highest BCUT2D eigenvalue weighted by molar-refractivity contribution is 5.94. The van der Waals surface area contributed by atoms with E-state index in [0.29, 0.717) is 5.69 Å². The molecule has 0 aliphatic heterocycles. The number of fused-ring (bicyclic) bond motifs is 1. The Morgan fingerprint density at radius 1 is 1.38 bits per heavy atom. The first-order valence-corrected chi connectivity index (χ1v) is 6.24. The first kappa shape index (κ1) is 14.7. The summed E-state index contributed by atoms with van der Waals surface area (Å²) in [6, 6.07) is 7.19. The third kappa shape index (κ3) is 3.90. The highest BCUT2D eigenvalue weighted by atomic mass is 16.5. The molecule has 0 saturated carbocycles. The Bertz CT molecular complexity index is 659. The summed E-state index contributed by atoms with van der Waals surface area (Å²) < 4.78 is 4.74. The summed E-state index contributed by atoms with van der Waals surface area (Å²) in [6.07, 6.45) is 1.68. The van der Waals surface area contributed by atoms with Crippen LogP contribution in [0.15, 0.2) is 36.5 Å². The topological polar surface area (TPSA) is 101 Å². The number of carboxylic acids is 1. The number of amides is 2. The first-order valence-electron chi connectivity index (χ1n) is 6.24. The van der Waals surface area contributed by atoms with Gasteiger partial charge in [-0.3, -0.25) is 4.98 Å². The number of pyridine rings is 1. The zero-order chi connectivity index (χ0) is 15.2. The van der Waals surface area contributed by atoms with Gasteiger partial charge in [0.15, 0.2) is 6.04 Å². The Labute approximate surface area is 120 Å². The van der Waals surface area contributed by atoms with Gasteiger partial charge >= 0.3 is 12.0 Å². The fraction of sp³-hybridized carbons (Fsp3) is 0.214. The van der Waals surface area contributed by atoms with Crippen LogP contribution in [0.2, 0.25) is 0 Å². The van der Waals surface area contributed by atoms with Crippen molar-refractivity contribution >= 4 is 28.6 Å². The summed E-state index contributed by atoms with van der Waals surface area (Å²) in [4.78, 5) is 26.9. The van der Waals surface area contributed by atoms with Crippen LogP contribution in [0.5, 0.6) is 0 Å². The molecule has 1 unspecified atom stereocenters. The maximum atomic E-state index is 11.8. The number of urea groups is 1. The van der Waals surface area contributed by atoms with E-state index in [9.17, 15) is 9.59 Å². The molecule has 1 aromatic carbocycles. The number of anilines is 1. The minimum atomic E-state index is -1.16. The van der Waals surface area contributed by atoms with Crippen molar-refractivity contribution in [2.24, 2.45) is 0 Å². The molecule has 0 aliphatic rings. The summed E-state index contributed by atoms with van der Waals surface area (Å²) in [5.74, 6) is -1.16. The molecule has 2 rings (SSSR count). The molecule has 2 aromatic rings. The second kappa shape index (κ2) is 6.67. The largest absolute Gasteiger partial charge is 0.480 e. The number of methoxy groups -OCH3 is 1. The molecule has 1 atom stereocenters. The lowest BCUT2D eigenvalue weighted by Gasteiger charge is -2.14. The van der Waals surface area contributed by atoms with Gasteiger partial charge < -0.3 is 20.5 Å². The predicted molar refractivity (Wildman–Crippen MR) is 77.2 cm³/mol. The molecule has 110 valence electrons. The molecule has 0 bridgehead atoms. The van der Waals surface area contributed by atoms with Crippen LogP contribution in [-0.4, -0.2) is 41.8 Å². The molecule has 0 aliphatic carbocycles. The molecule has 0 fully saturated rings. The van der Waals surface area contributed by atoms with Gasteiger partial charge in [0.05, 0.1) is 12.1 Å². The number of hydrogen-bond acceptors (Lipinski definition) is 4. The van der Waals surface area contributed by atoms with E-state index in [4.69, 9.17) is 9.84 Å². The van der Waals surface area contributed by atoms with E-state index in [1.54, 1.807) is 30.5 Å². The number of nitrogens with one attached hydrogen (secondary N) is 2. The van der Waals surface area contributed by atoms with Crippen LogP contribution in [0.1, 0.15) is 0 Å². The summed E-state index contributed by atoms with van der Waals surface area (Å²) >= 11 is 0. The lowest BCUT2D eigenvalue weighted by Crippen LogP contribution is -2.45. The number of rotatable bonds is 5. The molecule has 1 heterocycles. The smallest absolute Gasteiger partial charge is 0.328 e. The Hall–Kier alpha value is -2.67. The number of carbonyl (C=O) groups excluding carboxylic acids is 1. The van der Waals surface area contributed by atoms with Crippen molar-refractivity contribution in [3.05, 3.63) is 36.5 Å². The predicted octanol–water partition coefficient (Wildman–Crippen LogP) is 1.46. The number of nitrogens with zero attached hydrogens (tertiary/aromatic N) is 1. The van der Waals surface area contributed by atoms with Crippen molar-refractivity contribution in [1.29, 1.82) is 0 Å². The quantitative estimate of drug-likeness (QED) is 0.773. The SMILES string of the molecule is COCC(NC(=O)Nc1ccc2ncccc2c1)C(=O)O. The lowest BCUT2D eigenvalue weighted by molar-refractivity contribution is -0.140. The maximum Gasteiger partial charge on any atom is 0.328 e. The number of carbonyl (C=O) groups is 2. The van der Waals surface area contributed by atoms with Crippen LogP contribution in [-0.2, 0) is 9.53 Å². The van der Waals surface area contributed by atoms with Gasteiger partial charge in [-0.25, -0.2) is 9.59 Å². The van der Waals surface area contributed by atoms with Crippen molar-refractivity contribution < 1.29 is 19.4 Å². The highest BCUT2D eigenvalue weighted by Crippen LogP contribution is 2.16. The van der Waals surface area contributed by atoms with Crippen molar-refractivity contribution in [1.82, 2.24) is 10.3 Å². The van der Waals surface area contributed by atoms with Gasteiger partial charge in [-0.1, -0.05) is 6.07 Å². The van der Waals surface area contributed by atoms with Crippen LogP contribution in [0, 0.1) is 0 Å². The Morgan fingerprint density at radius 2 is 2.19 bits per heavy atom. The van der Waals surface area contributed by atoms with Gasteiger partial charge in [0.2, 0.25) is 0 Å². The van der Waals surface area contributed by atoms with Gasteiger partial charge in [-0.2, -0.15) is 0 Å². The van der Waals surface area contributed by atoms with Crippen LogP contribution >= 0.6 is 0 Å². The Kier molecular flexibility index (Phi) is 4.68. The second-order valence-electron chi connectivity index (χ2n) is 4.36. The summed E-state index contributed by atoms with van der Waals surface area (Å²) in [7, 11) is 1.37. The van der Waals surface area contributed by atoms with E-state index in [-0.39, 0.29) is 6.61 Å². The summed E-state index contributed by atoms with van der Waals surface area (Å²) in [6.45, 7) is -0.107. The fourth-order valence-electron chi connectivity index (χ4n) is 1.82. The Balaban J connectivity index is 2.05. The van der Waals surface area contributed by atoms with Crippen molar-refractivity contribution in [2.75, 3.05) is 19.0 Å². The summed E-state index contributed by atoms with van der Waals surface area (Å²) in [5.41, 5.74) is 1.36. The van der Waals surface area contributed by atoms with E-state index < -0.39 is 18.0 Å². The van der Waals surface area contributed by atoms with Gasteiger partial charge in [0, 0.05) is 24.4 Å². The number of aliphatic carboxylic acids is 1. The second-order valence-corrected chi connectivity index (χ2v) is 4.36. The van der Waals surface area contributed by atoms with Crippen LogP contribution in [0.4, 0.5) is 10.5 Å². The van der Waals surface area contributed by atoms with Gasteiger partial charge in [0.25, 0.3) is 0 Å². The number of carboxylic acid groups (broad SMARTS) is 1. The van der Waals surface area contributed by atoms with Crippen LogP contribution < -0.4 is 10.6 Å². The van der Waals surface area contributed by atoms with Crippen molar-refractivity contribution in [3.63, 3.8) is 0 Å². The van der Waals surface area contributed by atoms with E-state index in [2.05, 4.69) is 15.6 Å². The number of hydrogen-bond donors (Lipinski definition) is 3. The number of aromatic nitrogens is 1. The van der Waals surface area contributed by atoms with E-state index in [1.807, 2.05) is 6.07 Å². The zero-order valence-corrected chi connectivity index (χ0v) is 11.4. The van der Waals surface area contributed by atoms with Crippen LogP contribution in [0.3, 0.4) is 0 Å². The fourth-order valence-corrected chi connectivity index (χ4v) is 1.82. The third-order valence-corrected chi connectivity index (χ3v) is 2.80. The molecular weight excluding hydrogens is 274 g/mol. The van der Waals surface area contributed by atoms with E-state index in [0.717, 1.165) is 10.9 Å². The first-order chi connectivity index (χ1) is 10.1. The van der Waals surface area contributed by atoms with E-state index in [1.165, 1.54) is 7.11 Å². The third-order valence-electron chi connectivity index (χ3n) is 2.80. The molecule has 7 nitrogen and oxygen atoms in total. The van der Waals surface area contributed by atoms with Crippen molar-refractivity contribution in [3.8, 4) is 0 Å². The number of benzene rings is 1. The van der Waals surface area contributed by atoms with Gasteiger partial charge in [-0.05, 0) is 24.3 Å². The molecule has 1 aromatic heterocycles. The molecule has 0 spiro atoms. The van der Waals surface area contributed by atoms with Crippen LogP contribution in [0.25, 0.3) is 10.9 Å². The molecule has 2 amide bonds. The Morgan fingerprint density at radius 3 is 2.90 bits per heavy atom. The molecular formula is C14H15N3O4. The minimum Gasteiger partial charge on any atom is -0.480 e. The van der Waals surface area contributed by atoms with Gasteiger partial charge in [0.1, 0.15) is 0 Å². The average Bonchev–Trinajstić information content (AvgIpc) is 2.46. The molecule has 3 N–H and O–H groups in total. The molecule has 21 heavy (non-hydrogen) atoms. The average molecular weight is 289 g/mol.